The third-order valence-corrected chi connectivity index (χ3v) is 11.3. The molecule has 2 fully saturated rings. The zero-order chi connectivity index (χ0) is 22.9. The summed E-state index contributed by atoms with van der Waals surface area (Å²) < 4.78 is 57.1. The number of hydrogen-bond donors (Lipinski definition) is 0. The van der Waals surface area contributed by atoms with Crippen LogP contribution in [0.2, 0.25) is 18.1 Å². The average Bonchev–Trinajstić information content (AvgIpc) is 2.78. The lowest BCUT2D eigenvalue weighted by molar-refractivity contribution is 0.279. The molecule has 180 valence electrons. The van der Waals surface area contributed by atoms with Crippen molar-refractivity contribution >= 4 is 8.80 Å². The summed E-state index contributed by atoms with van der Waals surface area (Å²) in [4.78, 5) is 0. The van der Waals surface area contributed by atoms with Crippen molar-refractivity contribution in [1.29, 1.82) is 0 Å². The Kier molecular flexibility index (Phi) is 10.1. The van der Waals surface area contributed by atoms with E-state index in [0.29, 0.717) is 5.56 Å². The molecule has 6 heteroatoms. The lowest BCUT2D eigenvalue weighted by Crippen LogP contribution is -2.22. The normalized spacial score (nSPS) is 26.0. The van der Waals surface area contributed by atoms with Crippen molar-refractivity contribution in [1.82, 2.24) is 0 Å². The van der Waals surface area contributed by atoms with Crippen LogP contribution in [-0.2, 0) is 0 Å². The van der Waals surface area contributed by atoms with Crippen LogP contribution in [-0.4, -0.2) is 8.80 Å². The van der Waals surface area contributed by atoms with Gasteiger partial charge in [-0.2, -0.15) is 8.78 Å². The minimum atomic E-state index is -2.13. The molecule has 1 aliphatic carbocycles. The molecule has 1 aromatic carbocycles. The maximum atomic E-state index is 14.2. The summed E-state index contributed by atoms with van der Waals surface area (Å²) in [6, 6.07) is 7.15. The number of halogens is 4. The molecule has 0 unspecified atom stereocenters. The fraction of sp³-hybridized carbons (Fsp3) is 0.692. The van der Waals surface area contributed by atoms with Gasteiger partial charge in [-0.05, 0) is 61.1 Å². The number of benzene rings is 1. The molecule has 0 atom stereocenters. The van der Waals surface area contributed by atoms with E-state index in [1.165, 1.54) is 57.1 Å². The second kappa shape index (κ2) is 12.8. The van der Waals surface area contributed by atoms with Crippen LogP contribution in [0.25, 0.3) is 0 Å². The largest absolute Gasteiger partial charge is 0.453 e. The van der Waals surface area contributed by atoms with Crippen molar-refractivity contribution in [2.75, 3.05) is 0 Å². The van der Waals surface area contributed by atoms with Gasteiger partial charge in [0.1, 0.15) is 0 Å². The van der Waals surface area contributed by atoms with Gasteiger partial charge >= 0.3 is 6.08 Å². The summed E-state index contributed by atoms with van der Waals surface area (Å²) in [7, 11) is -0.431. The molecule has 1 saturated heterocycles. The molecule has 0 bridgehead atoms. The summed E-state index contributed by atoms with van der Waals surface area (Å²) in [6.07, 6.45) is 11.7. The van der Waals surface area contributed by atoms with E-state index in [9.17, 15) is 17.6 Å². The fourth-order valence-electron chi connectivity index (χ4n) is 5.78. The van der Waals surface area contributed by atoms with Gasteiger partial charge < -0.3 is 4.74 Å². The quantitative estimate of drug-likeness (QED) is 0.143. The first-order valence-corrected chi connectivity index (χ1v) is 15.1. The van der Waals surface area contributed by atoms with Crippen LogP contribution < -0.4 is 4.74 Å². The summed E-state index contributed by atoms with van der Waals surface area (Å²) in [5, 5.41) is 0. The Morgan fingerprint density at radius 1 is 0.938 bits per heavy atom. The second-order valence-corrected chi connectivity index (χ2v) is 13.5. The standard InChI is InChI=1S/C26H38F4OSi/c1-2-3-4-13-32-14-11-20(12-15-32)6-5-19-7-9-21(10-8-19)22-16-23(27)26(24(28)17-22)31-18-25(29)30/h16-21,32H,2-15H2,1H3/t19?,20-,21?,32-. The van der Waals surface area contributed by atoms with Crippen molar-refractivity contribution in [3.05, 3.63) is 41.7 Å². The van der Waals surface area contributed by atoms with Crippen molar-refractivity contribution in [2.45, 2.75) is 102 Å². The summed E-state index contributed by atoms with van der Waals surface area (Å²) in [5.41, 5.74) is 0.613. The SMILES string of the molecule is CCCCC[Si@H]1CC[C@H](CCC2CCC(c3cc(F)c(OC=C(F)F)c(F)c3)CC2)CC1. The molecule has 1 nitrogen and oxygen atoms in total. The van der Waals surface area contributed by atoms with Gasteiger partial charge in [0, 0.05) is 8.80 Å². The van der Waals surface area contributed by atoms with Crippen LogP contribution in [0.4, 0.5) is 17.6 Å². The van der Waals surface area contributed by atoms with Crippen LogP contribution in [0.1, 0.15) is 89.0 Å². The Labute approximate surface area is 192 Å². The van der Waals surface area contributed by atoms with Crippen molar-refractivity contribution in [2.24, 2.45) is 11.8 Å². The number of hydrogen-bond acceptors (Lipinski definition) is 1. The number of unbranched alkanes of at least 4 members (excludes halogenated alkanes) is 2. The molecule has 3 rings (SSSR count). The minimum Gasteiger partial charge on any atom is -0.453 e. The van der Waals surface area contributed by atoms with Crippen LogP contribution >= 0.6 is 0 Å². The Morgan fingerprint density at radius 2 is 1.53 bits per heavy atom. The highest BCUT2D eigenvalue weighted by Crippen LogP contribution is 2.41. The predicted molar refractivity (Wildman–Crippen MR) is 125 cm³/mol. The molecule has 1 heterocycles. The highest BCUT2D eigenvalue weighted by atomic mass is 28.3. The monoisotopic (exact) mass is 470 g/mol. The van der Waals surface area contributed by atoms with Crippen molar-refractivity contribution in [3.63, 3.8) is 0 Å². The Balaban J connectivity index is 1.40. The summed E-state index contributed by atoms with van der Waals surface area (Å²) in [6.45, 7) is 2.28. The van der Waals surface area contributed by atoms with Gasteiger partial charge in [-0.15, -0.1) is 0 Å². The van der Waals surface area contributed by atoms with Gasteiger partial charge in [0.05, 0.1) is 0 Å². The van der Waals surface area contributed by atoms with Crippen LogP contribution in [0.3, 0.4) is 0 Å². The highest BCUT2D eigenvalue weighted by Gasteiger charge is 2.27. The van der Waals surface area contributed by atoms with E-state index in [0.717, 1.165) is 37.5 Å². The maximum absolute atomic E-state index is 14.2. The second-order valence-electron chi connectivity index (χ2n) is 10.0. The van der Waals surface area contributed by atoms with E-state index < -0.39 is 32.3 Å². The van der Waals surface area contributed by atoms with E-state index in [-0.39, 0.29) is 12.2 Å². The maximum Gasteiger partial charge on any atom is 0.305 e. The topological polar surface area (TPSA) is 9.23 Å². The van der Waals surface area contributed by atoms with Crippen molar-refractivity contribution in [3.8, 4) is 5.75 Å². The molecule has 1 aromatic rings. The minimum absolute atomic E-state index is 0.0630. The van der Waals surface area contributed by atoms with Crippen LogP contribution in [0.5, 0.6) is 5.75 Å². The van der Waals surface area contributed by atoms with Crippen molar-refractivity contribution < 1.29 is 22.3 Å². The molecule has 0 radical (unpaired) electrons. The molecular formula is C26H38F4OSi. The predicted octanol–water partition coefficient (Wildman–Crippen LogP) is 8.96. The fourth-order valence-corrected chi connectivity index (χ4v) is 9.40. The summed E-state index contributed by atoms with van der Waals surface area (Å²) in [5.74, 6) is -0.843. The first kappa shape index (κ1) is 25.3. The van der Waals surface area contributed by atoms with Gasteiger partial charge in [-0.1, -0.05) is 70.0 Å². The molecule has 1 aliphatic heterocycles. The zero-order valence-electron chi connectivity index (χ0n) is 19.4. The molecule has 0 aromatic heterocycles. The lowest BCUT2D eigenvalue weighted by Gasteiger charge is -2.32. The Bertz CT molecular complexity index is 710. The first-order chi connectivity index (χ1) is 15.5. The lowest BCUT2D eigenvalue weighted by atomic mass is 9.76. The smallest absolute Gasteiger partial charge is 0.305 e. The molecule has 0 spiro atoms. The van der Waals surface area contributed by atoms with E-state index in [4.69, 9.17) is 0 Å². The van der Waals surface area contributed by atoms with E-state index in [1.807, 2.05) is 0 Å². The molecule has 32 heavy (non-hydrogen) atoms. The van der Waals surface area contributed by atoms with Gasteiger partial charge in [-0.3, -0.25) is 0 Å². The Morgan fingerprint density at radius 3 is 2.09 bits per heavy atom. The molecule has 1 saturated carbocycles. The average molecular weight is 471 g/mol. The number of rotatable bonds is 10. The van der Waals surface area contributed by atoms with Gasteiger partial charge in [-0.25, -0.2) is 8.78 Å². The van der Waals surface area contributed by atoms with E-state index in [2.05, 4.69) is 11.7 Å². The molecular weight excluding hydrogens is 432 g/mol. The van der Waals surface area contributed by atoms with Gasteiger partial charge in [0.25, 0.3) is 0 Å². The van der Waals surface area contributed by atoms with Crippen LogP contribution in [0, 0.1) is 23.5 Å². The zero-order valence-corrected chi connectivity index (χ0v) is 20.5. The molecule has 0 N–H and O–H groups in total. The van der Waals surface area contributed by atoms with Gasteiger partial charge in [0.2, 0.25) is 0 Å². The van der Waals surface area contributed by atoms with E-state index >= 15 is 0 Å². The first-order valence-electron chi connectivity index (χ1n) is 12.6. The van der Waals surface area contributed by atoms with Gasteiger partial charge in [0.15, 0.2) is 23.6 Å². The van der Waals surface area contributed by atoms with Crippen LogP contribution in [0.15, 0.2) is 24.5 Å². The highest BCUT2D eigenvalue weighted by molar-refractivity contribution is 6.58. The third-order valence-electron chi connectivity index (χ3n) is 7.77. The molecule has 0 amide bonds. The van der Waals surface area contributed by atoms with E-state index in [1.54, 1.807) is 18.1 Å². The molecule has 2 aliphatic rings. The summed E-state index contributed by atoms with van der Waals surface area (Å²) >= 11 is 0. The third kappa shape index (κ3) is 7.63. The number of ether oxygens (including phenoxy) is 1. The Hall–Kier alpha value is -1.30.